The second-order valence-electron chi connectivity index (χ2n) is 8.63. The molecule has 0 aromatic rings. The number of aliphatic hydroxyl groups excluding tert-OH is 4. The lowest BCUT2D eigenvalue weighted by Gasteiger charge is -2.38. The van der Waals surface area contributed by atoms with Crippen molar-refractivity contribution in [2.75, 3.05) is 13.2 Å². The Kier molecular flexibility index (Phi) is 8.85. The number of allylic oxidation sites excluding steroid dienone is 1. The van der Waals surface area contributed by atoms with Gasteiger partial charge in [-0.25, -0.2) is 9.13 Å². The minimum atomic E-state index is -5.27. The minimum absolute atomic E-state index is 0.204. The zero-order valence-electron chi connectivity index (χ0n) is 19.3. The summed E-state index contributed by atoms with van der Waals surface area (Å²) in [7, 11) is -10.5. The van der Waals surface area contributed by atoms with Crippen LogP contribution in [0.1, 0.15) is 20.3 Å². The number of phosphoric acid groups is 2. The van der Waals surface area contributed by atoms with Crippen molar-refractivity contribution in [1.82, 2.24) is 4.90 Å². The lowest BCUT2D eigenvalue weighted by molar-refractivity contribution is -0.144. The number of nitrogens with two attached hydrogens (primary N) is 1. The van der Waals surface area contributed by atoms with Crippen LogP contribution in [0.5, 0.6) is 0 Å². The summed E-state index contributed by atoms with van der Waals surface area (Å²) in [5.41, 5.74) is 3.85. The number of primary amides is 1. The van der Waals surface area contributed by atoms with Crippen LogP contribution < -0.4 is 5.73 Å². The molecule has 0 aromatic heterocycles. The molecule has 0 spiro atoms. The molecular formula is C18H30N2O14P2. The van der Waals surface area contributed by atoms with Crippen molar-refractivity contribution in [2.45, 2.75) is 68.7 Å². The van der Waals surface area contributed by atoms with Gasteiger partial charge >= 0.3 is 15.6 Å². The van der Waals surface area contributed by atoms with E-state index >= 15 is 0 Å². The summed E-state index contributed by atoms with van der Waals surface area (Å²) in [5.74, 6) is -0.699. The minimum Gasteiger partial charge on any atom is -0.388 e. The summed E-state index contributed by atoms with van der Waals surface area (Å²) >= 11 is 0. The van der Waals surface area contributed by atoms with Gasteiger partial charge in [-0.1, -0.05) is 6.08 Å². The molecule has 3 aliphatic heterocycles. The van der Waals surface area contributed by atoms with Gasteiger partial charge in [-0.05, 0) is 20.3 Å². The van der Waals surface area contributed by atoms with E-state index in [0.29, 0.717) is 0 Å². The highest BCUT2D eigenvalue weighted by molar-refractivity contribution is 7.61. The van der Waals surface area contributed by atoms with Gasteiger partial charge in [0.05, 0.1) is 19.3 Å². The molecule has 0 saturated carbocycles. The third-order valence-electron chi connectivity index (χ3n) is 5.98. The molecule has 206 valence electrons. The molecule has 0 radical (unpaired) electrons. The van der Waals surface area contributed by atoms with Crippen molar-refractivity contribution >= 4 is 21.6 Å². The van der Waals surface area contributed by atoms with E-state index in [1.54, 1.807) is 6.08 Å². The maximum atomic E-state index is 12.2. The van der Waals surface area contributed by atoms with Crippen LogP contribution >= 0.6 is 15.6 Å². The Morgan fingerprint density at radius 3 is 2.22 bits per heavy atom. The zero-order valence-corrected chi connectivity index (χ0v) is 21.1. The molecule has 16 nitrogen and oxygen atoms in total. The van der Waals surface area contributed by atoms with Crippen LogP contribution in [-0.2, 0) is 36.8 Å². The van der Waals surface area contributed by atoms with Crippen LogP contribution in [0.15, 0.2) is 24.0 Å². The molecule has 10 atom stereocenters. The van der Waals surface area contributed by atoms with Crippen LogP contribution in [0, 0.1) is 0 Å². The van der Waals surface area contributed by atoms with Gasteiger partial charge in [0.1, 0.15) is 36.6 Å². The predicted octanol–water partition coefficient (Wildman–Crippen LogP) is -1.83. The predicted molar refractivity (Wildman–Crippen MR) is 117 cm³/mol. The van der Waals surface area contributed by atoms with Gasteiger partial charge in [-0.2, -0.15) is 4.31 Å². The molecule has 3 heterocycles. The van der Waals surface area contributed by atoms with Crippen molar-refractivity contribution in [1.29, 1.82) is 0 Å². The Hall–Kier alpha value is -1.23. The molecule has 3 rings (SSSR count). The Bertz CT molecular complexity index is 993. The number of aliphatic hydroxyl groups is 4. The number of ether oxygens (including phenoxy) is 2. The van der Waals surface area contributed by atoms with E-state index in [0.717, 1.165) is 0 Å². The van der Waals surface area contributed by atoms with Gasteiger partial charge in [-0.15, -0.1) is 0 Å². The maximum absolute atomic E-state index is 12.2. The molecule has 0 aliphatic carbocycles. The topological polar surface area (TPSA) is 248 Å². The van der Waals surface area contributed by atoms with Gasteiger partial charge < -0.3 is 50.3 Å². The van der Waals surface area contributed by atoms with Crippen LogP contribution in [0.3, 0.4) is 0 Å². The van der Waals surface area contributed by atoms with Crippen molar-refractivity contribution in [3.8, 4) is 0 Å². The third kappa shape index (κ3) is 6.42. The summed E-state index contributed by atoms with van der Waals surface area (Å²) in [6.45, 7) is 1.22. The summed E-state index contributed by atoms with van der Waals surface area (Å²) < 4.78 is 48.5. The lowest BCUT2D eigenvalue weighted by atomic mass is 10.0. The molecule has 18 heteroatoms. The smallest absolute Gasteiger partial charge is 0.388 e. The number of rotatable bonds is 10. The van der Waals surface area contributed by atoms with Crippen molar-refractivity contribution in [3.63, 3.8) is 0 Å². The van der Waals surface area contributed by atoms with E-state index in [2.05, 4.69) is 13.4 Å². The zero-order chi connectivity index (χ0) is 27.1. The van der Waals surface area contributed by atoms with Gasteiger partial charge in [0.2, 0.25) is 5.91 Å². The Balaban J connectivity index is 1.57. The summed E-state index contributed by atoms with van der Waals surface area (Å²) in [4.78, 5) is 32.4. The fraction of sp³-hybridized carbons (Fsp3) is 0.722. The fourth-order valence-electron chi connectivity index (χ4n) is 3.89. The second-order valence-corrected chi connectivity index (χ2v) is 11.7. The molecule has 2 fully saturated rings. The Labute approximate surface area is 205 Å². The molecule has 0 bridgehead atoms. The first-order valence-corrected chi connectivity index (χ1v) is 13.7. The van der Waals surface area contributed by atoms with Crippen molar-refractivity contribution in [3.05, 3.63) is 24.0 Å². The monoisotopic (exact) mass is 560 g/mol. The first-order chi connectivity index (χ1) is 16.6. The van der Waals surface area contributed by atoms with Crippen LogP contribution in [-0.4, -0.2) is 103 Å². The molecule has 3 aliphatic rings. The van der Waals surface area contributed by atoms with E-state index in [4.69, 9.17) is 15.2 Å². The van der Waals surface area contributed by atoms with E-state index in [1.807, 2.05) is 0 Å². The van der Waals surface area contributed by atoms with Crippen LogP contribution in [0.25, 0.3) is 0 Å². The number of hydrogen-bond donors (Lipinski definition) is 7. The molecule has 8 N–H and O–H groups in total. The number of phosphoric ester groups is 2. The second kappa shape index (κ2) is 10.9. The van der Waals surface area contributed by atoms with Crippen molar-refractivity contribution < 1.29 is 67.0 Å². The largest absolute Gasteiger partial charge is 0.481 e. The van der Waals surface area contributed by atoms with Gasteiger partial charge in [0.25, 0.3) is 0 Å². The summed E-state index contributed by atoms with van der Waals surface area (Å²) in [6.07, 6.45) is -4.67. The molecule has 36 heavy (non-hydrogen) atoms. The van der Waals surface area contributed by atoms with Gasteiger partial charge in [-0.3, -0.25) is 13.8 Å². The number of nitrogens with zero attached hydrogens (tertiary/aromatic N) is 1. The van der Waals surface area contributed by atoms with Crippen LogP contribution in [0.4, 0.5) is 0 Å². The Morgan fingerprint density at radius 2 is 1.69 bits per heavy atom. The first kappa shape index (κ1) is 29.3. The highest BCUT2D eigenvalue weighted by Crippen LogP contribution is 2.60. The normalized spacial score (nSPS) is 40.1. The standard InChI is InChI=1S/C18H30N2O14P2/c1-9-13(21)14(22)11(32-9)7-30-35(26,27)34-36(28,29)31-8-12-15(23)16(24)18(2,33-12)20-5-3-4-10(6-20)17(19)25/h3,5-6,9,11-16,21-24H,4,7-8H2,1-2H3,(H2,19,25)(H,26,27)(H,28,29)/t9?,11-,12-,13+,14-,15-,16-,18?/m1/s1. The molecule has 1 amide bonds. The third-order valence-corrected chi connectivity index (χ3v) is 8.58. The van der Waals surface area contributed by atoms with Gasteiger partial charge in [0, 0.05) is 18.0 Å². The number of carbonyl (C=O) groups is 1. The van der Waals surface area contributed by atoms with Gasteiger partial charge in [0.15, 0.2) is 5.72 Å². The average molecular weight is 560 g/mol. The summed E-state index contributed by atoms with van der Waals surface area (Å²) in [6, 6.07) is 0. The molecule has 4 unspecified atom stereocenters. The first-order valence-electron chi connectivity index (χ1n) is 10.7. The maximum Gasteiger partial charge on any atom is 0.481 e. The molecule has 0 aromatic carbocycles. The quantitative estimate of drug-likeness (QED) is 0.145. The highest BCUT2D eigenvalue weighted by Gasteiger charge is 2.54. The van der Waals surface area contributed by atoms with Crippen LogP contribution in [0.2, 0.25) is 0 Å². The Morgan fingerprint density at radius 1 is 1.11 bits per heavy atom. The lowest BCUT2D eigenvalue weighted by Crippen LogP contribution is -2.51. The van der Waals surface area contributed by atoms with E-state index < -0.39 is 83.2 Å². The average Bonchev–Trinajstić information content (AvgIpc) is 3.18. The highest BCUT2D eigenvalue weighted by atomic mass is 31.3. The SMILES string of the molecule is CC1O[C@H](COP(=O)(O)OP(=O)(O)OC[C@H]2OC(C)(N3C=CCC(C(N)=O)=C3)[C@H](O)[C@@H]2O)[C@@H](O)[C@H]1O. The number of hydrogen-bond acceptors (Lipinski definition) is 13. The van der Waals surface area contributed by atoms with E-state index in [9.17, 15) is 44.1 Å². The summed E-state index contributed by atoms with van der Waals surface area (Å²) in [5, 5.41) is 40.4. The van der Waals surface area contributed by atoms with E-state index in [1.165, 1.54) is 31.1 Å². The molecule has 2 saturated heterocycles. The number of carbonyl (C=O) groups excluding carboxylic acids is 1. The van der Waals surface area contributed by atoms with E-state index in [-0.39, 0.29) is 12.0 Å². The number of amides is 1. The molecular weight excluding hydrogens is 530 g/mol. The fourth-order valence-corrected chi connectivity index (χ4v) is 5.99. The van der Waals surface area contributed by atoms with Crippen molar-refractivity contribution in [2.24, 2.45) is 5.73 Å².